The summed E-state index contributed by atoms with van der Waals surface area (Å²) in [5.74, 6) is 0.299. The molecule has 0 aliphatic carbocycles. The van der Waals surface area contributed by atoms with Gasteiger partial charge >= 0.3 is 6.18 Å². The molecule has 2 aromatic carbocycles. The molecule has 2 rings (SSSR count). The maximum Gasteiger partial charge on any atom is 0.418 e. The first-order valence-corrected chi connectivity index (χ1v) is 7.04. The van der Waals surface area contributed by atoms with Crippen molar-refractivity contribution in [3.63, 3.8) is 0 Å². The molecule has 128 valence electrons. The number of nitriles is 3. The molecule has 0 unspecified atom stereocenters. The third-order valence-corrected chi connectivity index (χ3v) is 3.12. The highest BCUT2D eigenvalue weighted by atomic mass is 19.4. The Bertz CT molecular complexity index is 945. The van der Waals surface area contributed by atoms with Crippen LogP contribution in [-0.4, -0.2) is 0 Å². The van der Waals surface area contributed by atoms with Crippen LogP contribution in [0.5, 0.6) is 11.5 Å². The molecule has 0 amide bonds. The molecule has 0 bridgehead atoms. The average molecular weight is 354 g/mol. The van der Waals surface area contributed by atoms with Crippen LogP contribution in [0.25, 0.3) is 0 Å². The number of para-hydroxylation sites is 1. The van der Waals surface area contributed by atoms with Crippen molar-refractivity contribution in [2.75, 3.05) is 5.32 Å². The Kier molecular flexibility index (Phi) is 5.47. The van der Waals surface area contributed by atoms with Crippen LogP contribution in [0.3, 0.4) is 0 Å². The molecule has 1 N–H and O–H groups in total. The quantitative estimate of drug-likeness (QED) is 0.801. The van der Waals surface area contributed by atoms with Gasteiger partial charge in [-0.2, -0.15) is 29.0 Å². The number of allylic oxidation sites excluding steroid dienone is 2. The molecule has 8 heteroatoms. The number of hydrogen-bond donors (Lipinski definition) is 1. The molecule has 0 aliphatic heterocycles. The highest BCUT2D eigenvalue weighted by Crippen LogP contribution is 2.38. The number of hydrogen-bond acceptors (Lipinski definition) is 5. The fourth-order valence-electron chi connectivity index (χ4n) is 1.97. The van der Waals surface area contributed by atoms with Crippen LogP contribution in [0.4, 0.5) is 18.9 Å². The standard InChI is InChI=1S/C18H9F3N4O/c19-18(20,21)15-8-14(26-13-4-2-1-3-5-13)6-7-16(15)25-17(11-24)12(9-22)10-23/h1-8,25H. The highest BCUT2D eigenvalue weighted by molar-refractivity contribution is 5.63. The fraction of sp³-hybridized carbons (Fsp3) is 0.0556. The number of nitrogens with zero attached hydrogens (tertiary/aromatic N) is 3. The first-order chi connectivity index (χ1) is 12.4. The van der Waals surface area contributed by atoms with E-state index in [1.54, 1.807) is 30.3 Å². The van der Waals surface area contributed by atoms with Gasteiger partial charge in [-0.15, -0.1) is 0 Å². The Morgan fingerprint density at radius 3 is 2.08 bits per heavy atom. The first kappa shape index (κ1) is 18.4. The molecular weight excluding hydrogens is 345 g/mol. The van der Waals surface area contributed by atoms with Crippen LogP contribution in [0, 0.1) is 34.0 Å². The number of benzene rings is 2. The molecule has 0 saturated carbocycles. The minimum atomic E-state index is -4.75. The zero-order valence-electron chi connectivity index (χ0n) is 13.0. The first-order valence-electron chi connectivity index (χ1n) is 7.04. The third kappa shape index (κ3) is 4.31. The van der Waals surface area contributed by atoms with E-state index in [9.17, 15) is 13.2 Å². The van der Waals surface area contributed by atoms with E-state index < -0.39 is 28.7 Å². The minimum Gasteiger partial charge on any atom is -0.457 e. The van der Waals surface area contributed by atoms with Crippen LogP contribution in [0.15, 0.2) is 59.8 Å². The van der Waals surface area contributed by atoms with E-state index in [4.69, 9.17) is 20.5 Å². The molecule has 5 nitrogen and oxygen atoms in total. The second-order valence-corrected chi connectivity index (χ2v) is 4.83. The smallest absolute Gasteiger partial charge is 0.418 e. The molecule has 0 atom stereocenters. The maximum absolute atomic E-state index is 13.4. The van der Waals surface area contributed by atoms with Gasteiger partial charge in [0.1, 0.15) is 35.4 Å². The van der Waals surface area contributed by atoms with Gasteiger partial charge in [0.05, 0.1) is 11.3 Å². The fourth-order valence-corrected chi connectivity index (χ4v) is 1.97. The normalized spacial score (nSPS) is 10.0. The van der Waals surface area contributed by atoms with Crippen molar-refractivity contribution in [2.45, 2.75) is 6.18 Å². The number of alkyl halides is 3. The lowest BCUT2D eigenvalue weighted by Gasteiger charge is -2.16. The summed E-state index contributed by atoms with van der Waals surface area (Å²) in [6.07, 6.45) is -4.75. The van der Waals surface area contributed by atoms with E-state index in [0.717, 1.165) is 12.1 Å². The zero-order valence-corrected chi connectivity index (χ0v) is 13.0. The van der Waals surface area contributed by atoms with E-state index in [2.05, 4.69) is 5.32 Å². The second kappa shape index (κ2) is 7.74. The number of halogens is 3. The van der Waals surface area contributed by atoms with Gasteiger partial charge in [-0.3, -0.25) is 0 Å². The summed E-state index contributed by atoms with van der Waals surface area (Å²) in [4.78, 5) is 0. The molecule has 0 aliphatic rings. The Morgan fingerprint density at radius 1 is 0.885 bits per heavy atom. The summed E-state index contributed by atoms with van der Waals surface area (Å²) in [6, 6.07) is 15.8. The molecule has 0 radical (unpaired) electrons. The second-order valence-electron chi connectivity index (χ2n) is 4.83. The number of nitrogens with one attached hydrogen (secondary N) is 1. The van der Waals surface area contributed by atoms with Gasteiger partial charge in [-0.1, -0.05) is 18.2 Å². The van der Waals surface area contributed by atoms with Gasteiger partial charge in [-0.25, -0.2) is 0 Å². The lowest BCUT2D eigenvalue weighted by Crippen LogP contribution is -2.11. The average Bonchev–Trinajstić information content (AvgIpc) is 2.62. The van der Waals surface area contributed by atoms with Gasteiger partial charge in [0.2, 0.25) is 0 Å². The molecule has 26 heavy (non-hydrogen) atoms. The van der Waals surface area contributed by atoms with Gasteiger partial charge in [0.25, 0.3) is 0 Å². The summed E-state index contributed by atoms with van der Waals surface area (Å²) < 4.78 is 45.5. The van der Waals surface area contributed by atoms with Crippen molar-refractivity contribution in [2.24, 2.45) is 0 Å². The number of anilines is 1. The van der Waals surface area contributed by atoms with Crippen molar-refractivity contribution >= 4 is 5.69 Å². The summed E-state index contributed by atoms with van der Waals surface area (Å²) in [5, 5.41) is 28.7. The lowest BCUT2D eigenvalue weighted by atomic mass is 10.1. The Morgan fingerprint density at radius 2 is 1.54 bits per heavy atom. The largest absolute Gasteiger partial charge is 0.457 e. The Hall–Kier alpha value is -3.96. The molecular formula is C18H9F3N4O. The zero-order chi connectivity index (χ0) is 19.2. The highest BCUT2D eigenvalue weighted by Gasteiger charge is 2.34. The van der Waals surface area contributed by atoms with E-state index >= 15 is 0 Å². The number of rotatable bonds is 4. The summed E-state index contributed by atoms with van der Waals surface area (Å²) >= 11 is 0. The molecule has 0 spiro atoms. The minimum absolute atomic E-state index is 0.0580. The summed E-state index contributed by atoms with van der Waals surface area (Å²) in [7, 11) is 0. The van der Waals surface area contributed by atoms with Gasteiger partial charge in [0, 0.05) is 0 Å². The molecule has 0 fully saturated rings. The van der Waals surface area contributed by atoms with Crippen LogP contribution in [-0.2, 0) is 6.18 Å². The van der Waals surface area contributed by atoms with Crippen molar-refractivity contribution in [1.82, 2.24) is 0 Å². The van der Waals surface area contributed by atoms with Crippen LogP contribution >= 0.6 is 0 Å². The van der Waals surface area contributed by atoms with Crippen LogP contribution in [0.1, 0.15) is 5.56 Å². The van der Waals surface area contributed by atoms with Crippen molar-refractivity contribution in [3.8, 4) is 29.7 Å². The van der Waals surface area contributed by atoms with E-state index in [1.165, 1.54) is 24.3 Å². The summed E-state index contributed by atoms with van der Waals surface area (Å²) in [6.45, 7) is 0. The predicted octanol–water partition coefficient (Wildman–Crippen LogP) is 4.73. The summed E-state index contributed by atoms with van der Waals surface area (Å²) in [5.41, 5.74) is -2.77. The number of ether oxygens (including phenoxy) is 1. The van der Waals surface area contributed by atoms with E-state index in [-0.39, 0.29) is 5.75 Å². The third-order valence-electron chi connectivity index (χ3n) is 3.12. The van der Waals surface area contributed by atoms with Crippen molar-refractivity contribution in [3.05, 3.63) is 65.4 Å². The SMILES string of the molecule is N#CC(C#N)=C(C#N)Nc1ccc(Oc2ccccc2)cc1C(F)(F)F. The molecule has 2 aromatic rings. The maximum atomic E-state index is 13.4. The van der Waals surface area contributed by atoms with Gasteiger partial charge in [0.15, 0.2) is 5.57 Å². The van der Waals surface area contributed by atoms with Gasteiger partial charge in [-0.05, 0) is 30.3 Å². The van der Waals surface area contributed by atoms with Crippen molar-refractivity contribution in [1.29, 1.82) is 15.8 Å². The monoisotopic (exact) mass is 354 g/mol. The van der Waals surface area contributed by atoms with Crippen molar-refractivity contribution < 1.29 is 17.9 Å². The lowest BCUT2D eigenvalue weighted by molar-refractivity contribution is -0.137. The Labute approximate surface area is 146 Å². The van der Waals surface area contributed by atoms with Crippen LogP contribution in [0.2, 0.25) is 0 Å². The van der Waals surface area contributed by atoms with Crippen LogP contribution < -0.4 is 10.1 Å². The van der Waals surface area contributed by atoms with E-state index in [1.807, 2.05) is 0 Å². The molecule has 0 saturated heterocycles. The molecule has 0 aromatic heterocycles. The topological polar surface area (TPSA) is 92.6 Å². The predicted molar refractivity (Wildman–Crippen MR) is 85.4 cm³/mol. The Balaban J connectivity index is 2.45. The van der Waals surface area contributed by atoms with E-state index in [0.29, 0.717) is 5.75 Å². The molecule has 0 heterocycles. The van der Waals surface area contributed by atoms with Gasteiger partial charge < -0.3 is 10.1 Å².